The van der Waals surface area contributed by atoms with Crippen molar-refractivity contribution >= 4 is 10.0 Å². The molecule has 0 radical (unpaired) electrons. The fourth-order valence-corrected chi connectivity index (χ4v) is 2.99. The highest BCUT2D eigenvalue weighted by Crippen LogP contribution is 2.16. The van der Waals surface area contributed by atoms with E-state index < -0.39 is 10.0 Å². The zero-order valence-electron chi connectivity index (χ0n) is 11.3. The first-order valence-electron chi connectivity index (χ1n) is 6.27. The summed E-state index contributed by atoms with van der Waals surface area (Å²) in [5.41, 5.74) is 6.50. The summed E-state index contributed by atoms with van der Waals surface area (Å²) in [5, 5.41) is 0. The first-order valence-corrected chi connectivity index (χ1v) is 7.71. The quantitative estimate of drug-likeness (QED) is 0.821. The molecule has 1 aromatic carbocycles. The number of nitrogens with two attached hydrogens (primary N) is 1. The first kappa shape index (κ1) is 14.7. The van der Waals surface area contributed by atoms with Gasteiger partial charge in [0.15, 0.2) is 0 Å². The van der Waals surface area contributed by atoms with Crippen molar-refractivity contribution in [2.24, 2.45) is 5.73 Å². The van der Waals surface area contributed by atoms with Crippen LogP contribution in [0.2, 0.25) is 0 Å². The number of hydrogen-bond donors (Lipinski definition) is 2. The van der Waals surface area contributed by atoms with Crippen LogP contribution >= 0.6 is 0 Å². The molecule has 0 amide bonds. The third-order valence-corrected chi connectivity index (χ3v) is 4.81. The molecule has 0 aliphatic carbocycles. The van der Waals surface area contributed by atoms with E-state index in [9.17, 15) is 8.42 Å². The van der Waals surface area contributed by atoms with Crippen LogP contribution in [-0.4, -0.2) is 36.3 Å². The second kappa shape index (κ2) is 6.17. The molecule has 3 N–H and O–H groups in total. The fourth-order valence-electron chi connectivity index (χ4n) is 1.86. The number of imidazole rings is 1. The summed E-state index contributed by atoms with van der Waals surface area (Å²) in [7, 11) is -1.97. The summed E-state index contributed by atoms with van der Waals surface area (Å²) in [5.74, 6) is 0.607. The maximum Gasteiger partial charge on any atom is 0.243 e. The zero-order valence-corrected chi connectivity index (χ0v) is 12.1. The van der Waals surface area contributed by atoms with Crippen molar-refractivity contribution in [3.63, 3.8) is 0 Å². The van der Waals surface area contributed by atoms with Crippen LogP contribution in [0.1, 0.15) is 11.4 Å². The zero-order chi connectivity index (χ0) is 14.6. The monoisotopic (exact) mass is 294 g/mol. The van der Waals surface area contributed by atoms with Gasteiger partial charge in [0, 0.05) is 19.4 Å². The van der Waals surface area contributed by atoms with Crippen molar-refractivity contribution in [2.75, 3.05) is 13.6 Å². The van der Waals surface area contributed by atoms with Crippen LogP contribution in [0.25, 0.3) is 0 Å². The second-order valence-electron chi connectivity index (χ2n) is 4.48. The second-order valence-corrected chi connectivity index (χ2v) is 6.52. The van der Waals surface area contributed by atoms with Gasteiger partial charge in [-0.1, -0.05) is 12.1 Å². The van der Waals surface area contributed by atoms with Crippen molar-refractivity contribution in [1.82, 2.24) is 14.3 Å². The predicted octanol–water partition coefficient (Wildman–Crippen LogP) is 0.732. The van der Waals surface area contributed by atoms with E-state index in [0.717, 1.165) is 12.0 Å². The Morgan fingerprint density at radius 2 is 2.00 bits per heavy atom. The highest BCUT2D eigenvalue weighted by Gasteiger charge is 2.21. The Kier molecular flexibility index (Phi) is 4.53. The van der Waals surface area contributed by atoms with Gasteiger partial charge < -0.3 is 10.7 Å². The number of aromatic nitrogens is 2. The van der Waals surface area contributed by atoms with Crippen molar-refractivity contribution < 1.29 is 8.42 Å². The average molecular weight is 294 g/mol. The molecule has 1 heterocycles. The number of nitrogens with one attached hydrogen (secondary N) is 1. The largest absolute Gasteiger partial charge is 0.347 e. The summed E-state index contributed by atoms with van der Waals surface area (Å²) >= 11 is 0. The molecule has 1 aromatic heterocycles. The SMILES string of the molecule is CN(Cc1ncc[nH]1)S(=O)(=O)c1ccc(CCN)cc1. The Labute approximate surface area is 118 Å². The lowest BCUT2D eigenvalue weighted by molar-refractivity contribution is 0.458. The average Bonchev–Trinajstić information content (AvgIpc) is 2.92. The smallest absolute Gasteiger partial charge is 0.243 e. The van der Waals surface area contributed by atoms with E-state index in [1.807, 2.05) is 0 Å². The van der Waals surface area contributed by atoms with Crippen molar-refractivity contribution in [3.8, 4) is 0 Å². The number of aromatic amines is 1. The highest BCUT2D eigenvalue weighted by atomic mass is 32.2. The number of hydrogen-bond acceptors (Lipinski definition) is 4. The Balaban J connectivity index is 2.16. The van der Waals surface area contributed by atoms with Crippen LogP contribution in [-0.2, 0) is 23.0 Å². The summed E-state index contributed by atoms with van der Waals surface area (Å²) in [6, 6.07) is 6.80. The van der Waals surface area contributed by atoms with Crippen molar-refractivity contribution in [2.45, 2.75) is 17.9 Å². The Morgan fingerprint density at radius 3 is 2.55 bits per heavy atom. The van der Waals surface area contributed by atoms with Crippen LogP contribution < -0.4 is 5.73 Å². The van der Waals surface area contributed by atoms with E-state index in [4.69, 9.17) is 5.73 Å². The van der Waals surface area contributed by atoms with Crippen LogP contribution in [0.4, 0.5) is 0 Å². The molecule has 0 unspecified atom stereocenters. The molecule has 0 saturated carbocycles. The summed E-state index contributed by atoms with van der Waals surface area (Å²) in [6.45, 7) is 0.754. The van der Waals surface area contributed by atoms with E-state index in [1.54, 1.807) is 36.7 Å². The third kappa shape index (κ3) is 3.24. The Morgan fingerprint density at radius 1 is 1.30 bits per heavy atom. The molecule has 2 rings (SSSR count). The van der Waals surface area contributed by atoms with Gasteiger partial charge in [0.25, 0.3) is 0 Å². The molecule has 0 aliphatic rings. The summed E-state index contributed by atoms with van der Waals surface area (Å²) in [6.07, 6.45) is 4.00. The Bertz CT molecular complexity index is 636. The molecular formula is C13H18N4O2S. The van der Waals surface area contributed by atoms with Gasteiger partial charge >= 0.3 is 0 Å². The van der Waals surface area contributed by atoms with Gasteiger partial charge in [-0.2, -0.15) is 4.31 Å². The standard InChI is InChI=1S/C13H18N4O2S/c1-17(10-13-15-8-9-16-13)20(18,19)12-4-2-11(3-5-12)6-7-14/h2-5,8-9H,6-7,10,14H2,1H3,(H,15,16). The molecule has 0 aliphatic heterocycles. The maximum atomic E-state index is 12.4. The van der Waals surface area contributed by atoms with E-state index >= 15 is 0 Å². The summed E-state index contributed by atoms with van der Waals surface area (Å²) in [4.78, 5) is 7.18. The minimum atomic E-state index is -3.50. The minimum Gasteiger partial charge on any atom is -0.347 e. The third-order valence-electron chi connectivity index (χ3n) is 2.99. The molecule has 2 aromatic rings. The fraction of sp³-hybridized carbons (Fsp3) is 0.308. The van der Waals surface area contributed by atoms with Gasteiger partial charge in [-0.15, -0.1) is 0 Å². The van der Waals surface area contributed by atoms with Crippen LogP contribution in [0.15, 0.2) is 41.6 Å². The van der Waals surface area contributed by atoms with Crippen LogP contribution in [0, 0.1) is 0 Å². The first-order chi connectivity index (χ1) is 9.54. The molecular weight excluding hydrogens is 276 g/mol. The van der Waals surface area contributed by atoms with Gasteiger partial charge in [-0.3, -0.25) is 0 Å². The maximum absolute atomic E-state index is 12.4. The molecule has 0 atom stereocenters. The number of rotatable bonds is 6. The molecule has 0 fully saturated rings. The van der Waals surface area contributed by atoms with E-state index in [0.29, 0.717) is 12.4 Å². The van der Waals surface area contributed by atoms with Crippen molar-refractivity contribution in [1.29, 1.82) is 0 Å². The van der Waals surface area contributed by atoms with Crippen LogP contribution in [0.3, 0.4) is 0 Å². The minimum absolute atomic E-state index is 0.208. The normalized spacial score (nSPS) is 11.9. The predicted molar refractivity (Wildman–Crippen MR) is 76.4 cm³/mol. The number of nitrogens with zero attached hydrogens (tertiary/aromatic N) is 2. The molecule has 7 heteroatoms. The molecule has 20 heavy (non-hydrogen) atoms. The van der Waals surface area contributed by atoms with Crippen LogP contribution in [0.5, 0.6) is 0 Å². The topological polar surface area (TPSA) is 92.1 Å². The number of H-pyrrole nitrogens is 1. The van der Waals surface area contributed by atoms with E-state index in [-0.39, 0.29) is 11.4 Å². The van der Waals surface area contributed by atoms with E-state index in [1.165, 1.54) is 11.4 Å². The van der Waals surface area contributed by atoms with Gasteiger partial charge in [-0.25, -0.2) is 13.4 Å². The molecule has 0 saturated heterocycles. The Hall–Kier alpha value is -1.70. The molecule has 6 nitrogen and oxygen atoms in total. The van der Waals surface area contributed by atoms with Gasteiger partial charge in [0.1, 0.15) is 5.82 Å². The van der Waals surface area contributed by atoms with Crippen molar-refractivity contribution in [3.05, 3.63) is 48.0 Å². The number of sulfonamides is 1. The molecule has 0 bridgehead atoms. The molecule has 0 spiro atoms. The molecule has 108 valence electrons. The van der Waals surface area contributed by atoms with Gasteiger partial charge in [-0.05, 0) is 30.7 Å². The van der Waals surface area contributed by atoms with E-state index in [2.05, 4.69) is 9.97 Å². The summed E-state index contributed by atoms with van der Waals surface area (Å²) < 4.78 is 26.0. The highest BCUT2D eigenvalue weighted by molar-refractivity contribution is 7.89. The lowest BCUT2D eigenvalue weighted by Crippen LogP contribution is -2.27. The van der Waals surface area contributed by atoms with Gasteiger partial charge in [0.05, 0.1) is 11.4 Å². The lowest BCUT2D eigenvalue weighted by atomic mass is 10.2. The lowest BCUT2D eigenvalue weighted by Gasteiger charge is -2.16. The van der Waals surface area contributed by atoms with Gasteiger partial charge in [0.2, 0.25) is 10.0 Å². The number of benzene rings is 1.